The highest BCUT2D eigenvalue weighted by Gasteiger charge is 2.23. The minimum absolute atomic E-state index is 0.0541. The summed E-state index contributed by atoms with van der Waals surface area (Å²) in [6.07, 6.45) is 0. The van der Waals surface area contributed by atoms with Crippen LogP contribution in [0.1, 0.15) is 11.4 Å². The van der Waals surface area contributed by atoms with E-state index in [1.54, 1.807) is 0 Å². The van der Waals surface area contributed by atoms with Gasteiger partial charge in [0.1, 0.15) is 10.7 Å². The number of halogens is 2. The van der Waals surface area contributed by atoms with E-state index in [-0.39, 0.29) is 12.4 Å². The number of rotatable bonds is 5. The number of tetrazole rings is 1. The van der Waals surface area contributed by atoms with E-state index in [1.807, 2.05) is 4.72 Å². The average Bonchev–Trinajstić information content (AvgIpc) is 2.90. The fraction of sp³-hybridized carbons (Fsp3) is 0.222. The van der Waals surface area contributed by atoms with Crippen molar-refractivity contribution in [3.05, 3.63) is 35.2 Å². The molecule has 0 aliphatic rings. The molecule has 20 heavy (non-hydrogen) atoms. The van der Waals surface area contributed by atoms with Gasteiger partial charge in [0.25, 0.3) is 0 Å². The number of aliphatic hydroxyl groups is 1. The van der Waals surface area contributed by atoms with Gasteiger partial charge in [-0.05, 0) is 12.1 Å². The lowest BCUT2D eigenvalue weighted by atomic mass is 10.2. The van der Waals surface area contributed by atoms with Crippen LogP contribution in [0.4, 0.5) is 8.78 Å². The molecule has 3 N–H and O–H groups in total. The molecule has 2 aromatic rings. The molecule has 108 valence electrons. The molecule has 0 radical (unpaired) electrons. The topological polar surface area (TPSA) is 121 Å². The number of aromatic nitrogens is 4. The first kappa shape index (κ1) is 14.4. The van der Waals surface area contributed by atoms with Gasteiger partial charge in [-0.15, -0.1) is 10.2 Å². The van der Waals surface area contributed by atoms with E-state index in [1.165, 1.54) is 0 Å². The number of hydrogen-bond acceptors (Lipinski definition) is 6. The molecule has 0 bridgehead atoms. The van der Waals surface area contributed by atoms with Crippen molar-refractivity contribution in [2.45, 2.75) is 18.0 Å². The van der Waals surface area contributed by atoms with E-state index in [0.29, 0.717) is 0 Å². The van der Waals surface area contributed by atoms with Gasteiger partial charge >= 0.3 is 0 Å². The molecule has 0 amide bonds. The first-order valence-electron chi connectivity index (χ1n) is 5.25. The van der Waals surface area contributed by atoms with Crippen LogP contribution < -0.4 is 4.72 Å². The fourth-order valence-electron chi connectivity index (χ4n) is 1.42. The second-order valence-electron chi connectivity index (χ2n) is 3.65. The van der Waals surface area contributed by atoms with Crippen LogP contribution in [0.3, 0.4) is 0 Å². The molecule has 1 aromatic carbocycles. The van der Waals surface area contributed by atoms with Crippen molar-refractivity contribution in [1.82, 2.24) is 25.3 Å². The third kappa shape index (κ3) is 2.79. The van der Waals surface area contributed by atoms with Gasteiger partial charge in [0.15, 0.2) is 11.6 Å². The lowest BCUT2D eigenvalue weighted by Crippen LogP contribution is -2.25. The van der Waals surface area contributed by atoms with Crippen LogP contribution in [0.5, 0.6) is 0 Å². The molecular formula is C9H9F2N5O3S. The van der Waals surface area contributed by atoms with Crippen molar-refractivity contribution in [3.63, 3.8) is 0 Å². The third-order valence-electron chi connectivity index (χ3n) is 2.41. The van der Waals surface area contributed by atoms with E-state index < -0.39 is 38.7 Å². The van der Waals surface area contributed by atoms with Crippen molar-refractivity contribution in [2.75, 3.05) is 0 Å². The van der Waals surface area contributed by atoms with Crippen molar-refractivity contribution < 1.29 is 22.3 Å². The van der Waals surface area contributed by atoms with Gasteiger partial charge in [-0.1, -0.05) is 5.21 Å². The van der Waals surface area contributed by atoms with E-state index in [4.69, 9.17) is 5.11 Å². The highest BCUT2D eigenvalue weighted by Crippen LogP contribution is 2.21. The quantitative estimate of drug-likeness (QED) is 0.681. The number of benzene rings is 1. The average molecular weight is 305 g/mol. The Morgan fingerprint density at radius 2 is 2.10 bits per heavy atom. The molecule has 1 aromatic heterocycles. The second-order valence-corrected chi connectivity index (χ2v) is 5.38. The highest BCUT2D eigenvalue weighted by atomic mass is 32.2. The summed E-state index contributed by atoms with van der Waals surface area (Å²) in [6.45, 7) is -1.27. The van der Waals surface area contributed by atoms with Gasteiger partial charge in [0.05, 0.1) is 18.7 Å². The molecule has 2 rings (SSSR count). The number of nitrogens with one attached hydrogen (secondary N) is 2. The largest absolute Gasteiger partial charge is 0.391 e. The van der Waals surface area contributed by atoms with Crippen molar-refractivity contribution in [3.8, 4) is 0 Å². The molecule has 0 spiro atoms. The van der Waals surface area contributed by atoms with Crippen LogP contribution >= 0.6 is 0 Å². The zero-order chi connectivity index (χ0) is 14.8. The summed E-state index contributed by atoms with van der Waals surface area (Å²) in [5.41, 5.74) is -0.715. The molecule has 0 aliphatic carbocycles. The second kappa shape index (κ2) is 5.56. The molecule has 1 heterocycles. The maximum Gasteiger partial charge on any atom is 0.243 e. The van der Waals surface area contributed by atoms with Crippen LogP contribution in [-0.4, -0.2) is 34.1 Å². The maximum absolute atomic E-state index is 13.8. The summed E-state index contributed by atoms with van der Waals surface area (Å²) >= 11 is 0. The Kier molecular flexibility index (Phi) is 4.01. The summed E-state index contributed by atoms with van der Waals surface area (Å²) in [5, 5.41) is 21.2. The van der Waals surface area contributed by atoms with Crippen LogP contribution in [0.25, 0.3) is 0 Å². The third-order valence-corrected chi connectivity index (χ3v) is 3.83. The van der Waals surface area contributed by atoms with Crippen LogP contribution in [0.15, 0.2) is 17.0 Å². The lowest BCUT2D eigenvalue weighted by Gasteiger charge is -2.09. The minimum Gasteiger partial charge on any atom is -0.391 e. The molecule has 0 saturated heterocycles. The zero-order valence-corrected chi connectivity index (χ0v) is 10.7. The first-order chi connectivity index (χ1) is 9.45. The number of aromatic amines is 1. The molecule has 0 atom stereocenters. The molecule has 11 heteroatoms. The summed E-state index contributed by atoms with van der Waals surface area (Å²) < 4.78 is 52.8. The lowest BCUT2D eigenvalue weighted by molar-refractivity contribution is 0.267. The van der Waals surface area contributed by atoms with Gasteiger partial charge < -0.3 is 5.11 Å². The summed E-state index contributed by atoms with van der Waals surface area (Å²) in [7, 11) is -4.24. The van der Waals surface area contributed by atoms with E-state index in [0.717, 1.165) is 12.1 Å². The van der Waals surface area contributed by atoms with Gasteiger partial charge in [-0.2, -0.15) is 5.21 Å². The Labute approximate surface area is 111 Å². The van der Waals surface area contributed by atoms with Crippen LogP contribution in [0.2, 0.25) is 0 Å². The Balaban J connectivity index is 2.30. The predicted molar refractivity (Wildman–Crippen MR) is 60.5 cm³/mol. The molecule has 0 saturated carbocycles. The number of aliphatic hydroxyl groups excluding tert-OH is 1. The number of sulfonamides is 1. The first-order valence-corrected chi connectivity index (χ1v) is 6.73. The normalized spacial score (nSPS) is 11.8. The summed E-state index contributed by atoms with van der Waals surface area (Å²) in [4.78, 5) is -0.772. The van der Waals surface area contributed by atoms with Crippen molar-refractivity contribution >= 4 is 10.0 Å². The maximum atomic E-state index is 13.8. The molecule has 0 aliphatic heterocycles. The highest BCUT2D eigenvalue weighted by molar-refractivity contribution is 7.89. The van der Waals surface area contributed by atoms with E-state index in [9.17, 15) is 17.2 Å². The van der Waals surface area contributed by atoms with Crippen LogP contribution in [0, 0.1) is 11.6 Å². The number of nitrogens with zero attached hydrogens (tertiary/aromatic N) is 3. The predicted octanol–water partition coefficient (Wildman–Crippen LogP) is -0.551. The standard InChI is InChI=1S/C9H9F2N5O3S/c10-6-1-2-7(9(11)5(6)4-17)20(18,19)12-3-8-13-15-16-14-8/h1-2,12,17H,3-4H2,(H,13,14,15,16). The van der Waals surface area contributed by atoms with E-state index in [2.05, 4.69) is 20.6 Å². The molecule has 8 nitrogen and oxygen atoms in total. The number of hydrogen-bond donors (Lipinski definition) is 3. The molecular weight excluding hydrogens is 296 g/mol. The smallest absolute Gasteiger partial charge is 0.243 e. The van der Waals surface area contributed by atoms with E-state index >= 15 is 0 Å². The van der Waals surface area contributed by atoms with Crippen LogP contribution in [-0.2, 0) is 23.2 Å². The van der Waals surface area contributed by atoms with Crippen molar-refractivity contribution in [2.24, 2.45) is 0 Å². The minimum atomic E-state index is -4.24. The van der Waals surface area contributed by atoms with Gasteiger partial charge in [0, 0.05) is 0 Å². The van der Waals surface area contributed by atoms with Gasteiger partial charge in [0.2, 0.25) is 10.0 Å². The SMILES string of the molecule is O=S(=O)(NCc1nn[nH]n1)c1ccc(F)c(CO)c1F. The van der Waals surface area contributed by atoms with Crippen molar-refractivity contribution in [1.29, 1.82) is 0 Å². The Morgan fingerprint density at radius 3 is 2.70 bits per heavy atom. The Bertz CT molecular complexity index is 705. The molecule has 0 unspecified atom stereocenters. The van der Waals surface area contributed by atoms with Gasteiger partial charge in [-0.3, -0.25) is 0 Å². The summed E-state index contributed by atoms with van der Waals surface area (Å²) in [6, 6.07) is 1.53. The number of H-pyrrole nitrogens is 1. The zero-order valence-electron chi connectivity index (χ0n) is 9.84. The fourth-order valence-corrected chi connectivity index (χ4v) is 2.50. The Hall–Kier alpha value is -1.98. The van der Waals surface area contributed by atoms with Gasteiger partial charge in [-0.25, -0.2) is 21.9 Å². The monoisotopic (exact) mass is 305 g/mol. The molecule has 0 fully saturated rings. The summed E-state index contributed by atoms with van der Waals surface area (Å²) in [5.74, 6) is -2.31. The Morgan fingerprint density at radius 1 is 1.35 bits per heavy atom.